The van der Waals surface area contributed by atoms with E-state index in [-0.39, 0.29) is 10.9 Å². The molecule has 1 saturated heterocycles. The molecule has 5 nitrogen and oxygen atoms in total. The predicted molar refractivity (Wildman–Crippen MR) is 70.3 cm³/mol. The maximum absolute atomic E-state index is 11.9. The number of amides is 2. The summed E-state index contributed by atoms with van der Waals surface area (Å²) >= 11 is 1.08. The number of hydrogen-bond acceptors (Lipinski definition) is 3. The molecule has 1 aromatic rings. The number of nitrogens with one attached hydrogen (secondary N) is 1. The lowest BCUT2D eigenvalue weighted by atomic mass is 10.00. The Kier molecular flexibility index (Phi) is 3.86. The summed E-state index contributed by atoms with van der Waals surface area (Å²) in [5, 5.41) is 12.1. The lowest BCUT2D eigenvalue weighted by Gasteiger charge is -2.30. The first kappa shape index (κ1) is 12.9. The Hall–Kier alpha value is -1.56. The van der Waals surface area contributed by atoms with Crippen LogP contribution in [0, 0.1) is 5.92 Å². The third-order valence-electron chi connectivity index (χ3n) is 3.12. The van der Waals surface area contributed by atoms with Gasteiger partial charge in [-0.2, -0.15) is 0 Å². The van der Waals surface area contributed by atoms with E-state index >= 15 is 0 Å². The Morgan fingerprint density at radius 2 is 2.06 bits per heavy atom. The van der Waals surface area contributed by atoms with Gasteiger partial charge in [0.05, 0.1) is 5.00 Å². The van der Waals surface area contributed by atoms with Crippen molar-refractivity contribution in [3.05, 3.63) is 17.0 Å². The number of carbonyl (C=O) groups excluding carboxylic acids is 1. The third-order valence-corrected chi connectivity index (χ3v) is 4.11. The van der Waals surface area contributed by atoms with Gasteiger partial charge in [-0.25, -0.2) is 9.59 Å². The van der Waals surface area contributed by atoms with E-state index in [1.54, 1.807) is 11.0 Å². The summed E-state index contributed by atoms with van der Waals surface area (Å²) in [6.45, 7) is 3.72. The fourth-order valence-electron chi connectivity index (χ4n) is 1.92. The number of nitrogens with zero attached hydrogens (tertiary/aromatic N) is 1. The minimum atomic E-state index is -0.965. The average molecular weight is 268 g/mol. The summed E-state index contributed by atoms with van der Waals surface area (Å²) in [6.07, 6.45) is 2.05. The highest BCUT2D eigenvalue weighted by molar-refractivity contribution is 7.18. The highest BCUT2D eigenvalue weighted by atomic mass is 32.1. The Morgan fingerprint density at radius 1 is 1.39 bits per heavy atom. The zero-order valence-corrected chi connectivity index (χ0v) is 11.0. The van der Waals surface area contributed by atoms with Gasteiger partial charge in [-0.05, 0) is 30.9 Å². The number of hydrogen-bond donors (Lipinski definition) is 2. The van der Waals surface area contributed by atoms with Crippen molar-refractivity contribution < 1.29 is 14.7 Å². The molecule has 0 unspecified atom stereocenters. The van der Waals surface area contributed by atoms with Crippen LogP contribution in [0.15, 0.2) is 12.1 Å². The van der Waals surface area contributed by atoms with Gasteiger partial charge in [0.25, 0.3) is 0 Å². The number of aromatic carboxylic acids is 1. The summed E-state index contributed by atoms with van der Waals surface area (Å²) in [5.41, 5.74) is 0. The first-order valence-electron chi connectivity index (χ1n) is 5.95. The normalized spacial score (nSPS) is 16.6. The van der Waals surface area contributed by atoms with Gasteiger partial charge in [-0.15, -0.1) is 11.3 Å². The Balaban J connectivity index is 1.92. The number of carbonyl (C=O) groups is 2. The number of rotatable bonds is 2. The average Bonchev–Trinajstić information content (AvgIpc) is 2.78. The molecule has 1 fully saturated rings. The van der Waals surface area contributed by atoms with Crippen LogP contribution in [0.25, 0.3) is 0 Å². The van der Waals surface area contributed by atoms with E-state index in [0.717, 1.165) is 37.3 Å². The second-order valence-corrected chi connectivity index (χ2v) is 5.65. The maximum Gasteiger partial charge on any atom is 0.345 e. The second kappa shape index (κ2) is 5.39. The van der Waals surface area contributed by atoms with Gasteiger partial charge < -0.3 is 10.0 Å². The number of anilines is 1. The molecule has 0 bridgehead atoms. The molecule has 0 saturated carbocycles. The van der Waals surface area contributed by atoms with Crippen molar-refractivity contribution >= 4 is 28.3 Å². The van der Waals surface area contributed by atoms with Crippen molar-refractivity contribution in [3.63, 3.8) is 0 Å². The molecule has 6 heteroatoms. The lowest BCUT2D eigenvalue weighted by Crippen LogP contribution is -2.40. The van der Waals surface area contributed by atoms with Gasteiger partial charge in [0, 0.05) is 13.1 Å². The van der Waals surface area contributed by atoms with Crippen LogP contribution in [0.2, 0.25) is 0 Å². The van der Waals surface area contributed by atoms with E-state index in [9.17, 15) is 9.59 Å². The SMILES string of the molecule is CC1CCN(C(=O)Nc2ccc(C(=O)O)s2)CC1. The molecule has 18 heavy (non-hydrogen) atoms. The second-order valence-electron chi connectivity index (χ2n) is 4.57. The molecular formula is C12H16N2O3S. The van der Waals surface area contributed by atoms with Crippen molar-refractivity contribution in [2.75, 3.05) is 18.4 Å². The molecule has 1 aliphatic heterocycles. The van der Waals surface area contributed by atoms with Crippen molar-refractivity contribution in [1.29, 1.82) is 0 Å². The molecule has 2 N–H and O–H groups in total. The highest BCUT2D eigenvalue weighted by Gasteiger charge is 2.20. The third kappa shape index (κ3) is 3.01. The van der Waals surface area contributed by atoms with Crippen LogP contribution in [0.3, 0.4) is 0 Å². The first-order valence-corrected chi connectivity index (χ1v) is 6.77. The van der Waals surface area contributed by atoms with Crippen LogP contribution < -0.4 is 5.32 Å². The minimum Gasteiger partial charge on any atom is -0.477 e. The van der Waals surface area contributed by atoms with E-state index in [2.05, 4.69) is 12.2 Å². The molecule has 0 radical (unpaired) electrons. The number of urea groups is 1. The first-order chi connectivity index (χ1) is 8.56. The molecule has 1 aliphatic rings. The Labute approximate surface area is 109 Å². The van der Waals surface area contributed by atoms with Gasteiger partial charge in [0.2, 0.25) is 0 Å². The van der Waals surface area contributed by atoms with Gasteiger partial charge in [0.15, 0.2) is 0 Å². The van der Waals surface area contributed by atoms with Crippen LogP contribution in [-0.4, -0.2) is 35.1 Å². The van der Waals surface area contributed by atoms with Gasteiger partial charge in [0.1, 0.15) is 4.88 Å². The monoisotopic (exact) mass is 268 g/mol. The van der Waals surface area contributed by atoms with Crippen LogP contribution in [0.4, 0.5) is 9.80 Å². The molecule has 0 aliphatic carbocycles. The Morgan fingerprint density at radius 3 is 2.61 bits per heavy atom. The van der Waals surface area contributed by atoms with Crippen molar-refractivity contribution in [2.45, 2.75) is 19.8 Å². The number of likely N-dealkylation sites (tertiary alicyclic amines) is 1. The number of piperidine rings is 1. The van der Waals surface area contributed by atoms with Crippen LogP contribution in [-0.2, 0) is 0 Å². The van der Waals surface area contributed by atoms with E-state index in [4.69, 9.17) is 5.11 Å². The summed E-state index contributed by atoms with van der Waals surface area (Å²) in [4.78, 5) is 24.7. The fourth-order valence-corrected chi connectivity index (χ4v) is 2.65. The van der Waals surface area contributed by atoms with Gasteiger partial charge >= 0.3 is 12.0 Å². The predicted octanol–water partition coefficient (Wildman–Crippen LogP) is 2.71. The summed E-state index contributed by atoms with van der Waals surface area (Å²) in [7, 11) is 0. The van der Waals surface area contributed by atoms with Gasteiger partial charge in [-0.1, -0.05) is 6.92 Å². The molecule has 98 valence electrons. The van der Waals surface area contributed by atoms with Crippen LogP contribution >= 0.6 is 11.3 Å². The standard InChI is InChI=1S/C12H16N2O3S/c1-8-4-6-14(7-5-8)12(17)13-10-3-2-9(18-10)11(15)16/h2-3,8H,4-7H2,1H3,(H,13,17)(H,15,16). The molecule has 1 aromatic heterocycles. The number of thiophene rings is 1. The molecule has 2 amide bonds. The van der Waals surface area contributed by atoms with E-state index in [0.29, 0.717) is 10.9 Å². The van der Waals surface area contributed by atoms with Crippen LogP contribution in [0.5, 0.6) is 0 Å². The summed E-state index contributed by atoms with van der Waals surface area (Å²) in [5.74, 6) is -0.290. The molecular weight excluding hydrogens is 252 g/mol. The summed E-state index contributed by atoms with van der Waals surface area (Å²) < 4.78 is 0. The topological polar surface area (TPSA) is 69.6 Å². The molecule has 0 atom stereocenters. The van der Waals surface area contributed by atoms with E-state index in [1.165, 1.54) is 6.07 Å². The molecule has 2 rings (SSSR count). The smallest absolute Gasteiger partial charge is 0.345 e. The molecule has 0 aromatic carbocycles. The van der Waals surface area contributed by atoms with Crippen molar-refractivity contribution in [1.82, 2.24) is 4.90 Å². The Bertz CT molecular complexity index is 450. The highest BCUT2D eigenvalue weighted by Crippen LogP contribution is 2.23. The lowest BCUT2D eigenvalue weighted by molar-refractivity contribution is 0.0702. The van der Waals surface area contributed by atoms with E-state index in [1.807, 2.05) is 0 Å². The maximum atomic E-state index is 11.9. The quantitative estimate of drug-likeness (QED) is 0.866. The van der Waals surface area contributed by atoms with Crippen molar-refractivity contribution in [3.8, 4) is 0 Å². The largest absolute Gasteiger partial charge is 0.477 e. The van der Waals surface area contributed by atoms with Crippen LogP contribution in [0.1, 0.15) is 29.4 Å². The van der Waals surface area contributed by atoms with Crippen molar-refractivity contribution in [2.24, 2.45) is 5.92 Å². The minimum absolute atomic E-state index is 0.138. The number of carboxylic acid groups (broad SMARTS) is 1. The zero-order valence-electron chi connectivity index (χ0n) is 10.2. The molecule has 0 spiro atoms. The number of carboxylic acids is 1. The zero-order chi connectivity index (χ0) is 13.1. The molecule has 2 heterocycles. The summed E-state index contributed by atoms with van der Waals surface area (Å²) in [6, 6.07) is 2.99. The van der Waals surface area contributed by atoms with E-state index < -0.39 is 5.97 Å². The fraction of sp³-hybridized carbons (Fsp3) is 0.500. The van der Waals surface area contributed by atoms with Gasteiger partial charge in [-0.3, -0.25) is 5.32 Å².